The molecule has 0 spiro atoms. The molecule has 1 atom stereocenters. The minimum absolute atomic E-state index is 0.0122. The van der Waals surface area contributed by atoms with E-state index in [1.807, 2.05) is 4.90 Å². The molecule has 0 saturated carbocycles. The van der Waals surface area contributed by atoms with Crippen LogP contribution in [0.4, 0.5) is 11.8 Å². The van der Waals surface area contributed by atoms with E-state index in [4.69, 9.17) is 22.1 Å². The van der Waals surface area contributed by atoms with Crippen molar-refractivity contribution in [3.8, 4) is 0 Å². The van der Waals surface area contributed by atoms with Gasteiger partial charge in [-0.25, -0.2) is 4.98 Å². The number of hydrogen-bond donors (Lipinski definition) is 1. The van der Waals surface area contributed by atoms with E-state index in [0.717, 1.165) is 19.4 Å². The van der Waals surface area contributed by atoms with E-state index >= 15 is 0 Å². The number of carbonyl (C=O) groups excluding carboxylic acids is 1. The molecule has 2 fully saturated rings. The number of rotatable bonds is 2. The molecule has 2 N–H and O–H groups in total. The fraction of sp³-hybridized carbons (Fsp3) is 0.643. The number of ether oxygens (including phenoxy) is 1. The summed E-state index contributed by atoms with van der Waals surface area (Å²) in [6.45, 7) is 4.10. The zero-order valence-electron chi connectivity index (χ0n) is 12.4. The molecule has 1 aromatic heterocycles. The summed E-state index contributed by atoms with van der Waals surface area (Å²) in [5.74, 6) is 1.05. The van der Waals surface area contributed by atoms with Gasteiger partial charge in [0.2, 0.25) is 11.9 Å². The molecule has 8 heteroatoms. The lowest BCUT2D eigenvalue weighted by Gasteiger charge is -2.36. The van der Waals surface area contributed by atoms with Crippen LogP contribution in [0.15, 0.2) is 6.07 Å². The van der Waals surface area contributed by atoms with Gasteiger partial charge >= 0.3 is 0 Å². The van der Waals surface area contributed by atoms with Gasteiger partial charge in [-0.1, -0.05) is 11.6 Å². The van der Waals surface area contributed by atoms with Crippen molar-refractivity contribution in [1.82, 2.24) is 14.9 Å². The van der Waals surface area contributed by atoms with Crippen molar-refractivity contribution < 1.29 is 9.53 Å². The minimum atomic E-state index is -0.0122. The Balaban J connectivity index is 1.69. The molecule has 0 aliphatic carbocycles. The summed E-state index contributed by atoms with van der Waals surface area (Å²) in [4.78, 5) is 24.7. The predicted molar refractivity (Wildman–Crippen MR) is 83.8 cm³/mol. The van der Waals surface area contributed by atoms with Crippen molar-refractivity contribution in [2.24, 2.45) is 5.92 Å². The molecule has 1 aromatic rings. The topological polar surface area (TPSA) is 84.6 Å². The van der Waals surface area contributed by atoms with Gasteiger partial charge < -0.3 is 20.3 Å². The van der Waals surface area contributed by atoms with Crippen LogP contribution in [0.5, 0.6) is 0 Å². The van der Waals surface area contributed by atoms with Crippen molar-refractivity contribution in [3.05, 3.63) is 11.2 Å². The number of aromatic nitrogens is 2. The van der Waals surface area contributed by atoms with Crippen LogP contribution in [0.3, 0.4) is 0 Å². The van der Waals surface area contributed by atoms with Crippen molar-refractivity contribution >= 4 is 29.3 Å². The Morgan fingerprint density at radius 2 is 2.09 bits per heavy atom. The number of nitrogen functional groups attached to an aromatic ring is 1. The zero-order valence-corrected chi connectivity index (χ0v) is 13.1. The number of amides is 1. The molecule has 0 aromatic carbocycles. The number of carbonyl (C=O) groups is 1. The number of halogens is 1. The lowest BCUT2D eigenvalue weighted by molar-refractivity contribution is -0.139. The number of morpholine rings is 1. The highest BCUT2D eigenvalue weighted by Crippen LogP contribution is 2.25. The molecule has 2 saturated heterocycles. The first-order valence-corrected chi connectivity index (χ1v) is 7.93. The Hall–Kier alpha value is -1.60. The third-order valence-electron chi connectivity index (χ3n) is 4.12. The quantitative estimate of drug-likeness (QED) is 0.809. The maximum Gasteiger partial charge on any atom is 0.227 e. The molecule has 2 aliphatic rings. The largest absolute Gasteiger partial charge is 0.378 e. The molecule has 1 amide bonds. The molecule has 3 rings (SSSR count). The summed E-state index contributed by atoms with van der Waals surface area (Å²) in [7, 11) is 0. The second-order valence-corrected chi connectivity index (χ2v) is 6.02. The summed E-state index contributed by atoms with van der Waals surface area (Å²) in [5, 5.41) is 0.323. The van der Waals surface area contributed by atoms with E-state index in [1.165, 1.54) is 0 Å². The van der Waals surface area contributed by atoms with Crippen LogP contribution >= 0.6 is 11.6 Å². The van der Waals surface area contributed by atoms with Gasteiger partial charge in [-0.05, 0) is 12.8 Å². The Labute approximate surface area is 134 Å². The normalized spacial score (nSPS) is 22.7. The first-order valence-electron chi connectivity index (χ1n) is 7.55. The lowest BCUT2D eigenvalue weighted by atomic mass is 9.96. The van der Waals surface area contributed by atoms with Crippen LogP contribution in [0.1, 0.15) is 12.8 Å². The van der Waals surface area contributed by atoms with Crippen LogP contribution in [-0.4, -0.2) is 60.2 Å². The lowest BCUT2D eigenvalue weighted by Crippen LogP contribution is -2.48. The summed E-state index contributed by atoms with van der Waals surface area (Å²) in [5.41, 5.74) is 5.66. The SMILES string of the molecule is Nc1nc(Cl)cc(N2CCC[C@H](C(=O)N3CCOCC3)C2)n1. The smallest absolute Gasteiger partial charge is 0.227 e. The molecule has 22 heavy (non-hydrogen) atoms. The average molecular weight is 326 g/mol. The number of hydrogen-bond acceptors (Lipinski definition) is 6. The maximum absolute atomic E-state index is 12.6. The van der Waals surface area contributed by atoms with Gasteiger partial charge in [-0.2, -0.15) is 4.98 Å². The van der Waals surface area contributed by atoms with E-state index in [2.05, 4.69) is 14.9 Å². The third-order valence-corrected chi connectivity index (χ3v) is 4.31. The second kappa shape index (κ2) is 6.66. The Morgan fingerprint density at radius 1 is 1.32 bits per heavy atom. The van der Waals surface area contributed by atoms with Crippen LogP contribution in [0.25, 0.3) is 0 Å². The van der Waals surface area contributed by atoms with Crippen LogP contribution < -0.4 is 10.6 Å². The van der Waals surface area contributed by atoms with E-state index in [9.17, 15) is 4.79 Å². The molecular weight excluding hydrogens is 306 g/mol. The molecular formula is C14H20ClN5O2. The van der Waals surface area contributed by atoms with Gasteiger partial charge in [0, 0.05) is 32.2 Å². The van der Waals surface area contributed by atoms with Gasteiger partial charge in [-0.3, -0.25) is 4.79 Å². The van der Waals surface area contributed by atoms with Gasteiger partial charge in [0.1, 0.15) is 11.0 Å². The Morgan fingerprint density at radius 3 is 2.82 bits per heavy atom. The van der Waals surface area contributed by atoms with Gasteiger partial charge in [0.25, 0.3) is 0 Å². The van der Waals surface area contributed by atoms with E-state index in [-0.39, 0.29) is 17.8 Å². The molecule has 0 unspecified atom stereocenters. The van der Waals surface area contributed by atoms with E-state index in [0.29, 0.717) is 43.8 Å². The Bertz CT molecular complexity index is 530. The first kappa shape index (κ1) is 15.3. The van der Waals surface area contributed by atoms with E-state index in [1.54, 1.807) is 6.07 Å². The first-order chi connectivity index (χ1) is 10.6. The maximum atomic E-state index is 12.6. The molecule has 2 aliphatic heterocycles. The highest BCUT2D eigenvalue weighted by atomic mass is 35.5. The predicted octanol–water partition coefficient (Wildman–Crippen LogP) is 0.787. The fourth-order valence-corrected chi connectivity index (χ4v) is 3.20. The summed E-state index contributed by atoms with van der Waals surface area (Å²) in [6.07, 6.45) is 1.85. The number of nitrogens with two attached hydrogens (primary N) is 1. The number of nitrogens with zero attached hydrogens (tertiary/aromatic N) is 4. The summed E-state index contributed by atoms with van der Waals surface area (Å²) < 4.78 is 5.30. The monoisotopic (exact) mass is 325 g/mol. The second-order valence-electron chi connectivity index (χ2n) is 5.63. The molecule has 0 radical (unpaired) electrons. The van der Waals surface area contributed by atoms with Crippen LogP contribution in [-0.2, 0) is 9.53 Å². The van der Waals surface area contributed by atoms with Crippen molar-refractivity contribution in [2.45, 2.75) is 12.8 Å². The minimum Gasteiger partial charge on any atom is -0.378 e. The zero-order chi connectivity index (χ0) is 15.5. The third kappa shape index (κ3) is 3.41. The highest BCUT2D eigenvalue weighted by Gasteiger charge is 2.30. The fourth-order valence-electron chi connectivity index (χ4n) is 3.01. The highest BCUT2D eigenvalue weighted by molar-refractivity contribution is 6.29. The summed E-state index contributed by atoms with van der Waals surface area (Å²) in [6, 6.07) is 1.69. The van der Waals surface area contributed by atoms with Crippen molar-refractivity contribution in [1.29, 1.82) is 0 Å². The Kier molecular flexibility index (Phi) is 4.63. The van der Waals surface area contributed by atoms with Crippen LogP contribution in [0, 0.1) is 5.92 Å². The molecule has 3 heterocycles. The number of anilines is 2. The van der Waals surface area contributed by atoms with E-state index < -0.39 is 0 Å². The van der Waals surface area contributed by atoms with Crippen molar-refractivity contribution in [3.63, 3.8) is 0 Å². The summed E-state index contributed by atoms with van der Waals surface area (Å²) >= 11 is 5.94. The average Bonchev–Trinajstić information content (AvgIpc) is 2.54. The molecule has 120 valence electrons. The van der Waals surface area contributed by atoms with Crippen molar-refractivity contribution in [2.75, 3.05) is 50.0 Å². The van der Waals surface area contributed by atoms with Gasteiger partial charge in [0.05, 0.1) is 19.1 Å². The van der Waals surface area contributed by atoms with Gasteiger partial charge in [-0.15, -0.1) is 0 Å². The van der Waals surface area contributed by atoms with Gasteiger partial charge in [0.15, 0.2) is 0 Å². The molecule has 7 nitrogen and oxygen atoms in total. The molecule has 0 bridgehead atoms. The standard InChI is InChI=1S/C14H20ClN5O2/c15-11-8-12(18-14(16)17-11)20-3-1-2-10(9-20)13(21)19-4-6-22-7-5-19/h8,10H,1-7,9H2,(H2,16,17,18)/t10-/m0/s1. The van der Waals surface area contributed by atoms with Crippen LogP contribution in [0.2, 0.25) is 5.15 Å². The number of piperidine rings is 1.